The Kier molecular flexibility index (Phi) is 11.9. The molecule has 0 radical (unpaired) electrons. The molecule has 0 saturated heterocycles. The average Bonchev–Trinajstić information content (AvgIpc) is 2.97. The van der Waals surface area contributed by atoms with Crippen molar-refractivity contribution < 1.29 is 33.3 Å². The zero-order valence-electron chi connectivity index (χ0n) is 23.2. The Balaban J connectivity index is 1.94. The Hall–Kier alpha value is -3.97. The molecule has 0 atom stereocenters. The third-order valence-corrected chi connectivity index (χ3v) is 6.53. The summed E-state index contributed by atoms with van der Waals surface area (Å²) in [5.74, 6) is -0.929. The van der Waals surface area contributed by atoms with Crippen LogP contribution in [0.1, 0.15) is 43.4 Å². The van der Waals surface area contributed by atoms with Gasteiger partial charge in [0, 0.05) is 23.3 Å². The lowest BCUT2D eigenvalue weighted by molar-refractivity contribution is -0.139. The van der Waals surface area contributed by atoms with Crippen LogP contribution in [0.25, 0.3) is 22.3 Å². The number of hydrogen-bond acceptors (Lipinski definition) is 6. The van der Waals surface area contributed by atoms with Crippen LogP contribution in [-0.2, 0) is 38.3 Å². The Labute approximate surface area is 235 Å². The number of esters is 1. The van der Waals surface area contributed by atoms with Gasteiger partial charge in [0.1, 0.15) is 13.2 Å². The lowest BCUT2D eigenvalue weighted by Crippen LogP contribution is -2.13. The van der Waals surface area contributed by atoms with Crippen LogP contribution in [0.4, 0.5) is 4.39 Å². The summed E-state index contributed by atoms with van der Waals surface area (Å²) < 4.78 is 32.0. The molecule has 3 aromatic carbocycles. The van der Waals surface area contributed by atoms with Crippen molar-refractivity contribution in [2.75, 3.05) is 26.4 Å². The third-order valence-electron chi connectivity index (χ3n) is 6.53. The van der Waals surface area contributed by atoms with E-state index in [9.17, 15) is 14.7 Å². The summed E-state index contributed by atoms with van der Waals surface area (Å²) in [5.41, 5.74) is 6.06. The first kappa shape index (κ1) is 30.6. The van der Waals surface area contributed by atoms with Gasteiger partial charge in [-0.1, -0.05) is 62.0 Å². The smallest absolute Gasteiger partial charge is 0.333 e. The van der Waals surface area contributed by atoms with Gasteiger partial charge < -0.3 is 19.3 Å². The fourth-order valence-electron chi connectivity index (χ4n) is 4.43. The number of aryl methyl sites for hydroxylation is 3. The minimum atomic E-state index is -0.525. The Bertz CT molecular complexity index is 1300. The molecule has 0 aliphatic rings. The van der Waals surface area contributed by atoms with Crippen LogP contribution >= 0.6 is 0 Å². The summed E-state index contributed by atoms with van der Waals surface area (Å²) in [6.45, 7) is 8.03. The molecule has 3 aromatic rings. The molecule has 212 valence electrons. The molecule has 0 amide bonds. The van der Waals surface area contributed by atoms with Crippen molar-refractivity contribution in [2.24, 2.45) is 0 Å². The Morgan fingerprint density at radius 2 is 1.60 bits per heavy atom. The molecule has 0 unspecified atom stereocenters. The first-order chi connectivity index (χ1) is 19.4. The molecule has 0 aromatic heterocycles. The van der Waals surface area contributed by atoms with Crippen LogP contribution < -0.4 is 4.74 Å². The van der Waals surface area contributed by atoms with Crippen LogP contribution in [0.5, 0.6) is 5.75 Å². The highest BCUT2D eigenvalue weighted by atomic mass is 19.1. The van der Waals surface area contributed by atoms with E-state index in [1.54, 1.807) is 13.0 Å². The molecule has 0 fully saturated rings. The SMILES string of the molecule is C=C(C)C(=O)OCCOc1c(-c2ccc(CCCO)cc2CC)ccc(-c2ccc(CCCOC=O)cc2)c1F. The first-order valence-electron chi connectivity index (χ1n) is 13.5. The van der Waals surface area contributed by atoms with Gasteiger partial charge in [0.25, 0.3) is 6.47 Å². The highest BCUT2D eigenvalue weighted by Gasteiger charge is 2.20. The lowest BCUT2D eigenvalue weighted by atomic mass is 9.92. The number of carbonyl (C=O) groups is 2. The van der Waals surface area contributed by atoms with Crippen molar-refractivity contribution in [3.63, 3.8) is 0 Å². The molecule has 0 spiro atoms. The summed E-state index contributed by atoms with van der Waals surface area (Å²) in [4.78, 5) is 22.1. The van der Waals surface area contributed by atoms with Gasteiger partial charge in [0.05, 0.1) is 6.61 Å². The van der Waals surface area contributed by atoms with Gasteiger partial charge in [-0.3, -0.25) is 4.79 Å². The molecular formula is C33H37FO6. The van der Waals surface area contributed by atoms with Crippen molar-refractivity contribution in [3.8, 4) is 28.0 Å². The summed E-state index contributed by atoms with van der Waals surface area (Å²) in [6, 6.07) is 17.3. The number of aliphatic hydroxyl groups excluding tert-OH is 1. The van der Waals surface area contributed by atoms with E-state index in [4.69, 9.17) is 14.2 Å². The molecule has 0 aliphatic carbocycles. The highest BCUT2D eigenvalue weighted by molar-refractivity contribution is 5.87. The second-order valence-corrected chi connectivity index (χ2v) is 9.51. The second kappa shape index (κ2) is 15.6. The molecule has 3 rings (SSSR count). The van der Waals surface area contributed by atoms with E-state index in [1.807, 2.05) is 49.4 Å². The first-order valence-corrected chi connectivity index (χ1v) is 13.5. The Morgan fingerprint density at radius 1 is 0.925 bits per heavy atom. The van der Waals surface area contributed by atoms with Gasteiger partial charge in [-0.15, -0.1) is 0 Å². The van der Waals surface area contributed by atoms with Crippen molar-refractivity contribution >= 4 is 12.4 Å². The molecule has 6 nitrogen and oxygen atoms in total. The standard InChI is InChI=1S/C33H37FO6/c1-4-26-21-25(7-5-17-35)11-14-28(26)30-16-15-29(27-12-9-24(10-13-27)8-6-18-38-22-36)31(34)32(30)39-19-20-40-33(37)23(2)3/h9-16,21-22,35H,2,4-8,17-20H2,1,3H3. The fraction of sp³-hybridized carbons (Fsp3) is 0.333. The number of hydrogen-bond donors (Lipinski definition) is 1. The van der Waals surface area contributed by atoms with E-state index >= 15 is 4.39 Å². The third kappa shape index (κ3) is 8.26. The Morgan fingerprint density at radius 3 is 2.27 bits per heavy atom. The van der Waals surface area contributed by atoms with E-state index in [-0.39, 0.29) is 31.1 Å². The number of ether oxygens (including phenoxy) is 3. The summed E-state index contributed by atoms with van der Waals surface area (Å²) in [7, 11) is 0. The van der Waals surface area contributed by atoms with Gasteiger partial charge >= 0.3 is 5.97 Å². The van der Waals surface area contributed by atoms with Crippen LogP contribution in [0, 0.1) is 5.82 Å². The van der Waals surface area contributed by atoms with E-state index in [0.717, 1.165) is 41.5 Å². The molecule has 0 bridgehead atoms. The van der Waals surface area contributed by atoms with Gasteiger partial charge in [0.15, 0.2) is 11.6 Å². The zero-order valence-corrected chi connectivity index (χ0v) is 23.2. The normalized spacial score (nSPS) is 10.7. The molecular weight excluding hydrogens is 511 g/mol. The quantitative estimate of drug-likeness (QED) is 0.0986. The largest absolute Gasteiger partial charge is 0.486 e. The number of benzene rings is 3. The van der Waals surface area contributed by atoms with E-state index in [2.05, 4.69) is 12.6 Å². The lowest BCUT2D eigenvalue weighted by Gasteiger charge is -2.18. The van der Waals surface area contributed by atoms with Crippen molar-refractivity contribution in [3.05, 3.63) is 89.3 Å². The monoisotopic (exact) mass is 548 g/mol. The van der Waals surface area contributed by atoms with Crippen LogP contribution in [0.15, 0.2) is 66.7 Å². The summed E-state index contributed by atoms with van der Waals surface area (Å²) in [6.07, 6.45) is 3.61. The fourth-order valence-corrected chi connectivity index (χ4v) is 4.43. The highest BCUT2D eigenvalue weighted by Crippen LogP contribution is 2.40. The molecule has 7 heteroatoms. The van der Waals surface area contributed by atoms with Gasteiger partial charge in [-0.2, -0.15) is 0 Å². The van der Waals surface area contributed by atoms with Crippen molar-refractivity contribution in [2.45, 2.75) is 46.0 Å². The molecule has 0 aliphatic heterocycles. The molecule has 0 saturated carbocycles. The van der Waals surface area contributed by atoms with Gasteiger partial charge in [-0.05, 0) is 72.9 Å². The molecule has 1 N–H and O–H groups in total. The average molecular weight is 549 g/mol. The van der Waals surface area contributed by atoms with Gasteiger partial charge in [0.2, 0.25) is 0 Å². The number of aliphatic hydroxyl groups is 1. The number of carbonyl (C=O) groups excluding carboxylic acids is 2. The van der Waals surface area contributed by atoms with Crippen LogP contribution in [0.2, 0.25) is 0 Å². The van der Waals surface area contributed by atoms with E-state index in [1.165, 1.54) is 0 Å². The number of rotatable bonds is 16. The van der Waals surface area contributed by atoms with Gasteiger partial charge in [-0.25, -0.2) is 9.18 Å². The number of halogens is 1. The second-order valence-electron chi connectivity index (χ2n) is 9.51. The van der Waals surface area contributed by atoms with E-state index < -0.39 is 11.8 Å². The van der Waals surface area contributed by atoms with E-state index in [0.29, 0.717) is 42.6 Å². The predicted molar refractivity (Wildman–Crippen MR) is 154 cm³/mol. The minimum absolute atomic E-state index is 0.0236. The maximum atomic E-state index is 16.2. The molecule has 40 heavy (non-hydrogen) atoms. The minimum Gasteiger partial charge on any atom is -0.486 e. The predicted octanol–water partition coefficient (Wildman–Crippen LogP) is 6.25. The summed E-state index contributed by atoms with van der Waals surface area (Å²) in [5, 5.41) is 9.20. The van der Waals surface area contributed by atoms with Crippen LogP contribution in [0.3, 0.4) is 0 Å². The van der Waals surface area contributed by atoms with Crippen molar-refractivity contribution in [1.29, 1.82) is 0 Å². The maximum Gasteiger partial charge on any atom is 0.333 e. The van der Waals surface area contributed by atoms with Crippen molar-refractivity contribution in [1.82, 2.24) is 0 Å². The summed E-state index contributed by atoms with van der Waals surface area (Å²) >= 11 is 0. The topological polar surface area (TPSA) is 82.1 Å². The zero-order chi connectivity index (χ0) is 28.9. The molecule has 0 heterocycles. The maximum absolute atomic E-state index is 16.2. The van der Waals surface area contributed by atoms with Crippen LogP contribution in [-0.4, -0.2) is 44.0 Å².